The van der Waals surface area contributed by atoms with E-state index in [1.807, 2.05) is 146 Å². The van der Waals surface area contributed by atoms with E-state index in [9.17, 15) is 9.59 Å². The van der Waals surface area contributed by atoms with Crippen LogP contribution in [-0.4, -0.2) is 11.6 Å². The molecular weight excluding hydrogens is 547 g/mol. The van der Waals surface area contributed by atoms with Gasteiger partial charge in [0.2, 0.25) is 0 Å². The Bertz CT molecular complexity index is 1320. The van der Waals surface area contributed by atoms with Crippen LogP contribution in [0.2, 0.25) is 0 Å². The molecule has 0 aliphatic heterocycles. The summed E-state index contributed by atoms with van der Waals surface area (Å²) in [4.78, 5) is 26.8. The summed E-state index contributed by atoms with van der Waals surface area (Å²) in [5.41, 5.74) is 3.73. The van der Waals surface area contributed by atoms with Crippen molar-refractivity contribution in [2.75, 3.05) is 0 Å². The maximum atomic E-state index is 13.4. The molecule has 0 spiro atoms. The third-order valence-corrected chi connectivity index (χ3v) is 7.28. The van der Waals surface area contributed by atoms with Gasteiger partial charge in [-0.3, -0.25) is 0 Å². The second-order valence-corrected chi connectivity index (χ2v) is 10.1. The Balaban J connectivity index is 1.68. The van der Waals surface area contributed by atoms with Gasteiger partial charge in [0.05, 0.1) is 0 Å². The van der Waals surface area contributed by atoms with Crippen molar-refractivity contribution in [2.45, 2.75) is 0 Å². The molecule has 0 aromatic heterocycles. The van der Waals surface area contributed by atoms with Crippen molar-refractivity contribution < 1.29 is 27.6 Å². The van der Waals surface area contributed by atoms with Crippen LogP contribution >= 0.6 is 0 Å². The van der Waals surface area contributed by atoms with Crippen LogP contribution in [0.1, 0.15) is 22.3 Å². The predicted molar refractivity (Wildman–Crippen MR) is 150 cm³/mol. The van der Waals surface area contributed by atoms with Crippen LogP contribution in [0.4, 0.5) is 0 Å². The molecular formula is C34H26O2Pd. The van der Waals surface area contributed by atoms with Gasteiger partial charge in [-0.05, 0) is 0 Å². The van der Waals surface area contributed by atoms with Crippen molar-refractivity contribution in [3.8, 4) is 0 Å². The van der Waals surface area contributed by atoms with Crippen molar-refractivity contribution in [3.05, 3.63) is 164 Å². The zero-order valence-electron chi connectivity index (χ0n) is 20.1. The van der Waals surface area contributed by atoms with Crippen LogP contribution < -0.4 is 0 Å². The summed E-state index contributed by atoms with van der Waals surface area (Å²) in [5, 5.41) is 0. The van der Waals surface area contributed by atoms with Crippen LogP contribution in [0.3, 0.4) is 0 Å². The Morgan fingerprint density at radius 3 is 1.05 bits per heavy atom. The zero-order valence-corrected chi connectivity index (χ0v) is 21.7. The fourth-order valence-electron chi connectivity index (χ4n) is 3.35. The SMILES string of the molecule is O=C(C=Cc1ccccc1)[C](=Cc1ccccc1)[Pd][C](=Cc1ccccc1)C(=O)C=Cc1ccccc1. The van der Waals surface area contributed by atoms with E-state index in [1.165, 1.54) is 0 Å². The number of hydrogen-bond acceptors (Lipinski definition) is 2. The molecule has 0 saturated heterocycles. The summed E-state index contributed by atoms with van der Waals surface area (Å²) in [7, 11) is 0. The molecule has 0 unspecified atom stereocenters. The molecule has 0 fully saturated rings. The predicted octanol–water partition coefficient (Wildman–Crippen LogP) is 7.72. The molecule has 0 bridgehead atoms. The van der Waals surface area contributed by atoms with E-state index in [1.54, 1.807) is 12.2 Å². The summed E-state index contributed by atoms with van der Waals surface area (Å²) in [6.07, 6.45) is 10.6. The average Bonchev–Trinajstić information content (AvgIpc) is 2.96. The van der Waals surface area contributed by atoms with Gasteiger partial charge in [0.25, 0.3) is 0 Å². The second-order valence-electron chi connectivity index (χ2n) is 8.03. The summed E-state index contributed by atoms with van der Waals surface area (Å²) in [5.74, 6) is -0.221. The third kappa shape index (κ3) is 8.48. The van der Waals surface area contributed by atoms with Gasteiger partial charge in [-0.25, -0.2) is 0 Å². The molecule has 0 N–H and O–H groups in total. The van der Waals surface area contributed by atoms with Crippen molar-refractivity contribution >= 4 is 35.9 Å². The van der Waals surface area contributed by atoms with Gasteiger partial charge in [-0.15, -0.1) is 0 Å². The maximum absolute atomic E-state index is 13.4. The Morgan fingerprint density at radius 2 is 0.730 bits per heavy atom. The molecule has 0 saturated carbocycles. The number of benzene rings is 4. The van der Waals surface area contributed by atoms with Crippen molar-refractivity contribution in [3.63, 3.8) is 0 Å². The molecule has 0 atom stereocenters. The van der Waals surface area contributed by atoms with Crippen molar-refractivity contribution in [1.82, 2.24) is 0 Å². The fourth-order valence-corrected chi connectivity index (χ4v) is 5.19. The van der Waals surface area contributed by atoms with E-state index in [2.05, 4.69) is 0 Å². The normalized spacial score (nSPS) is 12.3. The minimum absolute atomic E-state index is 0.111. The molecule has 0 aliphatic carbocycles. The molecule has 4 aromatic rings. The number of carbonyl (C=O) groups is 2. The summed E-state index contributed by atoms with van der Waals surface area (Å²) >= 11 is -0.379. The molecule has 2 nitrogen and oxygen atoms in total. The first-order chi connectivity index (χ1) is 18.2. The van der Waals surface area contributed by atoms with E-state index in [4.69, 9.17) is 0 Å². The van der Waals surface area contributed by atoms with Gasteiger partial charge in [0, 0.05) is 0 Å². The molecule has 0 radical (unpaired) electrons. The Morgan fingerprint density at radius 1 is 0.432 bits per heavy atom. The molecule has 0 aliphatic rings. The van der Waals surface area contributed by atoms with Gasteiger partial charge >= 0.3 is 227 Å². The van der Waals surface area contributed by atoms with E-state index in [-0.39, 0.29) is 29.5 Å². The van der Waals surface area contributed by atoms with Crippen LogP contribution in [0.25, 0.3) is 24.3 Å². The average molecular weight is 573 g/mol. The summed E-state index contributed by atoms with van der Waals surface area (Å²) in [6, 6.07) is 38.9. The quantitative estimate of drug-likeness (QED) is 0.144. The van der Waals surface area contributed by atoms with E-state index in [0.29, 0.717) is 8.09 Å². The van der Waals surface area contributed by atoms with Gasteiger partial charge in [-0.1, -0.05) is 0 Å². The van der Waals surface area contributed by atoms with Crippen molar-refractivity contribution in [1.29, 1.82) is 0 Å². The van der Waals surface area contributed by atoms with Crippen LogP contribution in [0.5, 0.6) is 0 Å². The summed E-state index contributed by atoms with van der Waals surface area (Å²) in [6.45, 7) is 0. The monoisotopic (exact) mass is 572 g/mol. The van der Waals surface area contributed by atoms with Gasteiger partial charge in [-0.2, -0.15) is 0 Å². The molecule has 37 heavy (non-hydrogen) atoms. The Kier molecular flexibility index (Phi) is 9.67. The number of hydrogen-bond donors (Lipinski definition) is 0. The molecule has 184 valence electrons. The Labute approximate surface area is 226 Å². The van der Waals surface area contributed by atoms with Crippen LogP contribution in [0.15, 0.2) is 142 Å². The third-order valence-electron chi connectivity index (χ3n) is 5.23. The number of allylic oxidation sites excluding steroid dienone is 4. The number of carbonyl (C=O) groups excluding carboxylic acids is 2. The van der Waals surface area contributed by atoms with E-state index >= 15 is 0 Å². The van der Waals surface area contributed by atoms with Crippen LogP contribution in [-0.2, 0) is 27.6 Å². The van der Waals surface area contributed by atoms with Crippen LogP contribution in [0, 0.1) is 0 Å². The Hall–Kier alpha value is -4.16. The van der Waals surface area contributed by atoms with E-state index < -0.39 is 0 Å². The second kappa shape index (κ2) is 13.8. The zero-order chi connectivity index (χ0) is 25.7. The van der Waals surface area contributed by atoms with Crippen molar-refractivity contribution in [2.24, 2.45) is 0 Å². The standard InChI is InChI=1S/2C17H13O.Pd/c2*18-17(13-11-15-7-3-1-4-8-15)14-12-16-9-5-2-6-10-16;/h2*1-13H;. The van der Waals surface area contributed by atoms with Gasteiger partial charge in [0.1, 0.15) is 0 Å². The minimum atomic E-state index is -0.379. The first kappa shape index (κ1) is 25.9. The molecule has 3 heteroatoms. The first-order valence-electron chi connectivity index (χ1n) is 11.8. The van der Waals surface area contributed by atoms with Gasteiger partial charge in [0.15, 0.2) is 0 Å². The number of ketones is 2. The summed E-state index contributed by atoms with van der Waals surface area (Å²) < 4.78 is 1.19. The van der Waals surface area contributed by atoms with E-state index in [0.717, 1.165) is 22.3 Å². The molecule has 4 aromatic carbocycles. The first-order valence-corrected chi connectivity index (χ1v) is 13.4. The van der Waals surface area contributed by atoms with Gasteiger partial charge < -0.3 is 0 Å². The number of rotatable bonds is 10. The topological polar surface area (TPSA) is 34.1 Å². The molecule has 0 heterocycles. The fraction of sp³-hybridized carbons (Fsp3) is 0. The molecule has 4 rings (SSSR count). The molecule has 0 amide bonds.